The van der Waals surface area contributed by atoms with Gasteiger partial charge in [0, 0.05) is 37.5 Å². The van der Waals surface area contributed by atoms with Gasteiger partial charge in [0.25, 0.3) is 0 Å². The first-order chi connectivity index (χ1) is 13.5. The average Bonchev–Trinajstić information content (AvgIpc) is 3.10. The molecule has 2 rings (SSSR count). The van der Waals surface area contributed by atoms with E-state index >= 15 is 0 Å². The molecule has 1 aromatic carbocycles. The molecule has 0 saturated heterocycles. The van der Waals surface area contributed by atoms with E-state index in [1.807, 2.05) is 48.4 Å². The van der Waals surface area contributed by atoms with E-state index < -0.39 is 0 Å². The first-order valence-corrected chi connectivity index (χ1v) is 9.53. The lowest BCUT2D eigenvalue weighted by Crippen LogP contribution is -2.41. The van der Waals surface area contributed by atoms with Crippen LogP contribution in [-0.2, 0) is 13.6 Å². The number of ether oxygens (including phenoxy) is 1. The smallest absolute Gasteiger partial charge is 0.191 e. The van der Waals surface area contributed by atoms with Gasteiger partial charge in [-0.05, 0) is 27.1 Å². The van der Waals surface area contributed by atoms with Crippen LogP contribution >= 0.6 is 0 Å². The molecule has 152 valence electrons. The number of guanidine groups is 1. The number of nitrogens with one attached hydrogen (secondary N) is 2. The third-order valence-corrected chi connectivity index (χ3v) is 4.28. The number of nitrogens with zero attached hydrogens (tertiary/aromatic N) is 4. The number of para-hydroxylation sites is 1. The van der Waals surface area contributed by atoms with Crippen molar-refractivity contribution in [1.29, 1.82) is 0 Å². The minimum Gasteiger partial charge on any atom is -0.489 e. The Balaban J connectivity index is 2.07. The monoisotopic (exact) mass is 384 g/mol. The van der Waals surface area contributed by atoms with Gasteiger partial charge in [-0.3, -0.25) is 4.68 Å². The number of aliphatic imine (C=N–C) groups is 1. The van der Waals surface area contributed by atoms with Crippen LogP contribution in [0.25, 0.3) is 0 Å². The SMILES string of the molecule is C=CCOc1ccccc1CN=C(NCC)NCC(c1cnn(C)c1)N(C)C. The quantitative estimate of drug-likeness (QED) is 0.374. The zero-order chi connectivity index (χ0) is 20.4. The van der Waals surface area contributed by atoms with Crippen LogP contribution in [-0.4, -0.2) is 54.4 Å². The van der Waals surface area contributed by atoms with E-state index in [-0.39, 0.29) is 6.04 Å². The van der Waals surface area contributed by atoms with E-state index in [1.165, 1.54) is 5.56 Å². The number of aromatic nitrogens is 2. The third kappa shape index (κ3) is 6.42. The van der Waals surface area contributed by atoms with E-state index in [1.54, 1.807) is 6.08 Å². The summed E-state index contributed by atoms with van der Waals surface area (Å²) in [5.41, 5.74) is 2.21. The van der Waals surface area contributed by atoms with E-state index in [0.717, 1.165) is 30.4 Å². The highest BCUT2D eigenvalue weighted by Crippen LogP contribution is 2.19. The molecular weight excluding hydrogens is 352 g/mol. The number of likely N-dealkylation sites (N-methyl/N-ethyl adjacent to an activating group) is 1. The maximum Gasteiger partial charge on any atom is 0.191 e. The Morgan fingerprint density at radius 1 is 1.36 bits per heavy atom. The van der Waals surface area contributed by atoms with Crippen molar-refractivity contribution in [2.24, 2.45) is 12.0 Å². The lowest BCUT2D eigenvalue weighted by atomic mass is 10.1. The molecule has 0 bridgehead atoms. The Morgan fingerprint density at radius 2 is 2.14 bits per heavy atom. The summed E-state index contributed by atoms with van der Waals surface area (Å²) in [5.74, 6) is 1.61. The summed E-state index contributed by atoms with van der Waals surface area (Å²) in [4.78, 5) is 6.90. The molecule has 0 fully saturated rings. The van der Waals surface area contributed by atoms with Gasteiger partial charge in [-0.25, -0.2) is 4.99 Å². The van der Waals surface area contributed by atoms with Crippen molar-refractivity contribution in [2.45, 2.75) is 19.5 Å². The predicted molar refractivity (Wildman–Crippen MR) is 115 cm³/mol. The maximum absolute atomic E-state index is 5.72. The molecule has 2 N–H and O–H groups in total. The van der Waals surface area contributed by atoms with Crippen molar-refractivity contribution in [3.8, 4) is 5.75 Å². The van der Waals surface area contributed by atoms with E-state index in [4.69, 9.17) is 9.73 Å². The fourth-order valence-electron chi connectivity index (χ4n) is 2.83. The van der Waals surface area contributed by atoms with Crippen LogP contribution in [0, 0.1) is 0 Å². The predicted octanol–water partition coefficient (Wildman–Crippen LogP) is 2.34. The first kappa shape index (κ1) is 21.5. The van der Waals surface area contributed by atoms with Gasteiger partial charge in [0.2, 0.25) is 0 Å². The van der Waals surface area contributed by atoms with Gasteiger partial charge in [-0.15, -0.1) is 0 Å². The fourth-order valence-corrected chi connectivity index (χ4v) is 2.83. The molecule has 7 nitrogen and oxygen atoms in total. The second-order valence-electron chi connectivity index (χ2n) is 6.71. The number of aryl methyl sites for hydroxylation is 1. The molecule has 1 aromatic heterocycles. The Kier molecular flexibility index (Phi) is 8.55. The summed E-state index contributed by atoms with van der Waals surface area (Å²) in [6, 6.07) is 8.14. The number of hydrogen-bond acceptors (Lipinski definition) is 4. The Hall–Kier alpha value is -2.80. The van der Waals surface area contributed by atoms with Gasteiger partial charge >= 0.3 is 0 Å². The highest BCUT2D eigenvalue weighted by atomic mass is 16.5. The van der Waals surface area contributed by atoms with Crippen LogP contribution in [0.3, 0.4) is 0 Å². The van der Waals surface area contributed by atoms with E-state index in [2.05, 4.69) is 48.2 Å². The van der Waals surface area contributed by atoms with Crippen LogP contribution in [0.15, 0.2) is 54.3 Å². The van der Waals surface area contributed by atoms with Gasteiger partial charge in [0.15, 0.2) is 5.96 Å². The molecule has 1 unspecified atom stereocenters. The van der Waals surface area contributed by atoms with E-state index in [9.17, 15) is 0 Å². The topological polar surface area (TPSA) is 66.7 Å². The second-order valence-corrected chi connectivity index (χ2v) is 6.71. The molecule has 0 aliphatic heterocycles. The number of hydrogen-bond donors (Lipinski definition) is 2. The fraction of sp³-hybridized carbons (Fsp3) is 0.429. The molecule has 7 heteroatoms. The molecule has 0 aliphatic carbocycles. The standard InChI is InChI=1S/C21H32N6O/c1-6-12-28-20-11-9-8-10-17(20)13-23-21(22-7-2)24-15-19(26(3)4)18-14-25-27(5)16-18/h6,8-11,14,16,19H,1,7,12-13,15H2,2-5H3,(H2,22,23,24). The zero-order valence-corrected chi connectivity index (χ0v) is 17.4. The molecule has 0 radical (unpaired) electrons. The Bertz CT molecular complexity index is 768. The molecule has 0 saturated carbocycles. The molecule has 1 atom stereocenters. The van der Waals surface area contributed by atoms with Gasteiger partial charge < -0.3 is 20.3 Å². The first-order valence-electron chi connectivity index (χ1n) is 9.53. The van der Waals surface area contributed by atoms with Crippen LogP contribution in [0.4, 0.5) is 0 Å². The molecule has 0 amide bonds. The van der Waals surface area contributed by atoms with Crippen molar-refractivity contribution < 1.29 is 4.74 Å². The average molecular weight is 385 g/mol. The number of rotatable bonds is 10. The molecule has 0 aliphatic rings. The van der Waals surface area contributed by atoms with Crippen LogP contribution in [0.1, 0.15) is 24.1 Å². The highest BCUT2D eigenvalue weighted by Gasteiger charge is 2.16. The van der Waals surface area contributed by atoms with Crippen molar-refractivity contribution in [3.05, 3.63) is 60.4 Å². The largest absolute Gasteiger partial charge is 0.489 e. The summed E-state index contributed by atoms with van der Waals surface area (Å²) in [7, 11) is 6.06. The summed E-state index contributed by atoms with van der Waals surface area (Å²) < 4.78 is 7.55. The summed E-state index contributed by atoms with van der Waals surface area (Å²) in [6.45, 7) is 8.29. The van der Waals surface area contributed by atoms with Gasteiger partial charge in [0.05, 0.1) is 18.8 Å². The minimum absolute atomic E-state index is 0.195. The van der Waals surface area contributed by atoms with Crippen LogP contribution in [0.2, 0.25) is 0 Å². The van der Waals surface area contributed by atoms with Crippen molar-refractivity contribution in [3.63, 3.8) is 0 Å². The normalized spacial score (nSPS) is 12.7. The summed E-state index contributed by atoms with van der Waals surface area (Å²) >= 11 is 0. The summed E-state index contributed by atoms with van der Waals surface area (Å²) in [6.07, 6.45) is 5.69. The molecule has 2 aromatic rings. The molecule has 0 spiro atoms. The Morgan fingerprint density at radius 3 is 2.79 bits per heavy atom. The van der Waals surface area contributed by atoms with Gasteiger partial charge in [0.1, 0.15) is 12.4 Å². The highest BCUT2D eigenvalue weighted by molar-refractivity contribution is 5.79. The maximum atomic E-state index is 5.72. The summed E-state index contributed by atoms with van der Waals surface area (Å²) in [5, 5.41) is 11.0. The van der Waals surface area contributed by atoms with Crippen molar-refractivity contribution in [2.75, 3.05) is 33.8 Å². The third-order valence-electron chi connectivity index (χ3n) is 4.28. The van der Waals surface area contributed by atoms with E-state index in [0.29, 0.717) is 13.2 Å². The molecular formula is C21H32N6O. The lowest BCUT2D eigenvalue weighted by molar-refractivity contribution is 0.298. The van der Waals surface area contributed by atoms with Crippen molar-refractivity contribution >= 4 is 5.96 Å². The number of benzene rings is 1. The molecule has 1 heterocycles. The van der Waals surface area contributed by atoms with Gasteiger partial charge in [-0.1, -0.05) is 30.9 Å². The minimum atomic E-state index is 0.195. The van der Waals surface area contributed by atoms with Gasteiger partial charge in [-0.2, -0.15) is 5.10 Å². The van der Waals surface area contributed by atoms with Crippen molar-refractivity contribution in [1.82, 2.24) is 25.3 Å². The lowest BCUT2D eigenvalue weighted by Gasteiger charge is -2.24. The Labute approximate surface area is 168 Å². The van der Waals surface area contributed by atoms with Crippen LogP contribution < -0.4 is 15.4 Å². The molecule has 28 heavy (non-hydrogen) atoms. The van der Waals surface area contributed by atoms with Crippen LogP contribution in [0.5, 0.6) is 5.75 Å². The zero-order valence-electron chi connectivity index (χ0n) is 17.4. The second kappa shape index (κ2) is 11.1.